The quantitative estimate of drug-likeness (QED) is 0.827. The van der Waals surface area contributed by atoms with Crippen molar-refractivity contribution in [3.8, 4) is 0 Å². The topological polar surface area (TPSA) is 64.9 Å². The average molecular weight is 291 g/mol. The van der Waals surface area contributed by atoms with Crippen LogP contribution in [0.5, 0.6) is 0 Å². The first-order valence-electron chi connectivity index (χ1n) is 8.62. The smallest absolute Gasteiger partial charge is 0.246 e. The molecule has 0 aliphatic heterocycles. The Morgan fingerprint density at radius 3 is 2.24 bits per heavy atom. The Morgan fingerprint density at radius 2 is 1.62 bits per heavy atom. The van der Waals surface area contributed by atoms with Gasteiger partial charge in [0, 0.05) is 5.92 Å². The van der Waals surface area contributed by atoms with E-state index < -0.39 is 0 Å². The van der Waals surface area contributed by atoms with E-state index in [1.54, 1.807) is 0 Å². The molecule has 21 heavy (non-hydrogen) atoms. The van der Waals surface area contributed by atoms with E-state index in [-0.39, 0.29) is 5.54 Å². The largest absolute Gasteiger partial charge is 0.337 e. The van der Waals surface area contributed by atoms with Crippen LogP contribution in [0.4, 0.5) is 0 Å². The fraction of sp³-hybridized carbons (Fsp3) is 0.882. The van der Waals surface area contributed by atoms with Crippen molar-refractivity contribution in [2.45, 2.75) is 89.5 Å². The van der Waals surface area contributed by atoms with Gasteiger partial charge >= 0.3 is 0 Å². The van der Waals surface area contributed by atoms with Gasteiger partial charge in [-0.2, -0.15) is 4.98 Å². The molecule has 2 fully saturated rings. The zero-order valence-corrected chi connectivity index (χ0v) is 13.5. The first-order chi connectivity index (χ1) is 9.99. The van der Waals surface area contributed by atoms with Crippen molar-refractivity contribution >= 4 is 0 Å². The Balaban J connectivity index is 1.71. The van der Waals surface area contributed by atoms with Crippen molar-refractivity contribution < 1.29 is 4.52 Å². The zero-order valence-electron chi connectivity index (χ0n) is 13.5. The highest BCUT2D eigenvalue weighted by atomic mass is 16.5. The second-order valence-electron chi connectivity index (χ2n) is 7.97. The van der Waals surface area contributed by atoms with Crippen molar-refractivity contribution in [3.63, 3.8) is 0 Å². The Hall–Kier alpha value is -0.900. The van der Waals surface area contributed by atoms with Crippen LogP contribution in [-0.2, 0) is 5.54 Å². The van der Waals surface area contributed by atoms with Crippen molar-refractivity contribution in [1.82, 2.24) is 10.1 Å². The molecule has 0 saturated heterocycles. The van der Waals surface area contributed by atoms with Crippen LogP contribution < -0.4 is 5.73 Å². The van der Waals surface area contributed by atoms with Crippen molar-refractivity contribution in [3.05, 3.63) is 11.7 Å². The highest BCUT2D eigenvalue weighted by Gasteiger charge is 2.36. The normalized spacial score (nSPS) is 26.4. The molecule has 0 atom stereocenters. The Morgan fingerprint density at radius 1 is 1.00 bits per heavy atom. The molecule has 0 radical (unpaired) electrons. The van der Waals surface area contributed by atoms with Gasteiger partial charge in [0.25, 0.3) is 0 Å². The fourth-order valence-corrected chi connectivity index (χ4v) is 3.83. The molecule has 0 unspecified atom stereocenters. The summed E-state index contributed by atoms with van der Waals surface area (Å²) in [6.07, 6.45) is 11.7. The third kappa shape index (κ3) is 3.31. The van der Waals surface area contributed by atoms with E-state index in [1.807, 2.05) is 0 Å². The van der Waals surface area contributed by atoms with E-state index in [0.29, 0.717) is 17.2 Å². The molecule has 2 aliphatic rings. The summed E-state index contributed by atoms with van der Waals surface area (Å²) in [4.78, 5) is 4.72. The molecule has 1 aromatic heterocycles. The third-order valence-corrected chi connectivity index (χ3v) is 5.57. The highest BCUT2D eigenvalue weighted by molar-refractivity contribution is 5.06. The lowest BCUT2D eigenvalue weighted by Gasteiger charge is -2.32. The molecule has 0 amide bonds. The van der Waals surface area contributed by atoms with E-state index in [0.717, 1.165) is 18.7 Å². The molecule has 0 spiro atoms. The van der Waals surface area contributed by atoms with E-state index in [2.05, 4.69) is 19.0 Å². The van der Waals surface area contributed by atoms with E-state index >= 15 is 0 Å². The standard InChI is InChI=1S/C17H29N3O/c1-16(2)11-7-13(8-12-16)14-19-15(21-20-14)17(18)9-5-3-4-6-10-17/h13H,3-12,18H2,1-2H3. The maximum atomic E-state index is 6.57. The van der Waals surface area contributed by atoms with Crippen LogP contribution in [0.1, 0.15) is 95.7 Å². The summed E-state index contributed by atoms with van der Waals surface area (Å²) >= 11 is 0. The summed E-state index contributed by atoms with van der Waals surface area (Å²) < 4.78 is 5.58. The maximum absolute atomic E-state index is 6.57. The van der Waals surface area contributed by atoms with Crippen LogP contribution in [0.2, 0.25) is 0 Å². The molecule has 118 valence electrons. The highest BCUT2D eigenvalue weighted by Crippen LogP contribution is 2.42. The molecule has 2 saturated carbocycles. The lowest BCUT2D eigenvalue weighted by Crippen LogP contribution is -2.36. The summed E-state index contributed by atoms with van der Waals surface area (Å²) in [6.45, 7) is 4.70. The molecule has 4 heteroatoms. The summed E-state index contributed by atoms with van der Waals surface area (Å²) in [7, 11) is 0. The molecule has 4 nitrogen and oxygen atoms in total. The predicted octanol–water partition coefficient (Wildman–Crippen LogP) is 4.26. The number of hydrogen-bond donors (Lipinski definition) is 1. The first kappa shape index (κ1) is 15.0. The van der Waals surface area contributed by atoms with Crippen LogP contribution in [-0.4, -0.2) is 10.1 Å². The van der Waals surface area contributed by atoms with Gasteiger partial charge in [-0.1, -0.05) is 44.7 Å². The molecule has 0 bridgehead atoms. The van der Waals surface area contributed by atoms with Gasteiger partial charge in [0.15, 0.2) is 5.82 Å². The molecule has 2 aliphatic carbocycles. The zero-order chi connectivity index (χ0) is 14.9. The van der Waals surface area contributed by atoms with Crippen molar-refractivity contribution in [2.75, 3.05) is 0 Å². The van der Waals surface area contributed by atoms with Crippen molar-refractivity contribution in [2.24, 2.45) is 11.1 Å². The minimum atomic E-state index is -0.379. The van der Waals surface area contributed by atoms with E-state index in [9.17, 15) is 0 Å². The second-order valence-corrected chi connectivity index (χ2v) is 7.97. The number of aromatic nitrogens is 2. The number of nitrogens with zero attached hydrogens (tertiary/aromatic N) is 2. The van der Waals surface area contributed by atoms with Gasteiger partial charge in [0.05, 0.1) is 5.54 Å². The number of nitrogens with two attached hydrogens (primary N) is 1. The molecule has 0 aromatic carbocycles. The maximum Gasteiger partial charge on any atom is 0.246 e. The monoisotopic (exact) mass is 291 g/mol. The summed E-state index contributed by atoms with van der Waals surface area (Å²) in [5.74, 6) is 2.05. The van der Waals surface area contributed by atoms with E-state index in [4.69, 9.17) is 15.2 Å². The van der Waals surface area contributed by atoms with Crippen molar-refractivity contribution in [1.29, 1.82) is 0 Å². The molecule has 2 N–H and O–H groups in total. The number of rotatable bonds is 2. The molecular formula is C17H29N3O. The van der Waals surface area contributed by atoms with Crippen LogP contribution >= 0.6 is 0 Å². The Labute approximate surface area is 127 Å². The molecule has 1 heterocycles. The van der Waals surface area contributed by atoms with Gasteiger partial charge in [-0.3, -0.25) is 0 Å². The molecule has 1 aromatic rings. The second kappa shape index (κ2) is 5.71. The van der Waals surface area contributed by atoms with E-state index in [1.165, 1.54) is 51.4 Å². The summed E-state index contributed by atoms with van der Waals surface area (Å²) in [6, 6.07) is 0. The third-order valence-electron chi connectivity index (χ3n) is 5.57. The van der Waals surface area contributed by atoms with Crippen LogP contribution in [0.25, 0.3) is 0 Å². The minimum Gasteiger partial charge on any atom is -0.337 e. The average Bonchev–Trinajstić information content (AvgIpc) is 2.83. The molecular weight excluding hydrogens is 262 g/mol. The van der Waals surface area contributed by atoms with Gasteiger partial charge in [0.1, 0.15) is 0 Å². The Kier molecular flexibility index (Phi) is 4.08. The van der Waals surface area contributed by atoms with Gasteiger partial charge in [-0.05, 0) is 43.9 Å². The van der Waals surface area contributed by atoms with Crippen LogP contribution in [0, 0.1) is 5.41 Å². The van der Waals surface area contributed by atoms with Gasteiger partial charge in [0.2, 0.25) is 5.89 Å². The fourth-order valence-electron chi connectivity index (χ4n) is 3.83. The SMILES string of the molecule is CC1(C)CCC(c2noc(C3(N)CCCCCC3)n2)CC1. The lowest BCUT2D eigenvalue weighted by molar-refractivity contribution is 0.217. The van der Waals surface area contributed by atoms with Gasteiger partial charge < -0.3 is 10.3 Å². The van der Waals surface area contributed by atoms with Gasteiger partial charge in [-0.15, -0.1) is 0 Å². The molecule has 3 rings (SSSR count). The summed E-state index contributed by atoms with van der Waals surface area (Å²) in [5, 5.41) is 4.27. The van der Waals surface area contributed by atoms with Crippen LogP contribution in [0.3, 0.4) is 0 Å². The van der Waals surface area contributed by atoms with Crippen LogP contribution in [0.15, 0.2) is 4.52 Å². The Bertz CT molecular complexity index is 462. The summed E-state index contributed by atoms with van der Waals surface area (Å²) in [5.41, 5.74) is 6.66. The predicted molar refractivity (Wildman–Crippen MR) is 82.9 cm³/mol. The number of hydrogen-bond acceptors (Lipinski definition) is 4. The van der Waals surface area contributed by atoms with Gasteiger partial charge in [-0.25, -0.2) is 0 Å². The lowest BCUT2D eigenvalue weighted by atomic mass is 9.73. The minimum absolute atomic E-state index is 0.379. The first-order valence-corrected chi connectivity index (χ1v) is 8.62.